The van der Waals surface area contributed by atoms with Gasteiger partial charge in [-0.05, 0) is 47.9 Å². The fraction of sp³-hybridized carbons (Fsp3) is 0.200. The van der Waals surface area contributed by atoms with Crippen molar-refractivity contribution in [2.45, 2.75) is 13.0 Å². The Bertz CT molecular complexity index is 618. The van der Waals surface area contributed by atoms with Crippen molar-refractivity contribution in [1.82, 2.24) is 0 Å². The maximum Gasteiger partial charge on any atom is 0.194 e. The van der Waals surface area contributed by atoms with Gasteiger partial charge in [-0.1, -0.05) is 6.07 Å². The summed E-state index contributed by atoms with van der Waals surface area (Å²) in [4.78, 5) is 0. The highest BCUT2D eigenvalue weighted by Gasteiger charge is 2.17. The molecule has 0 spiro atoms. The van der Waals surface area contributed by atoms with Crippen molar-refractivity contribution in [3.05, 3.63) is 64.5 Å². The first kappa shape index (κ1) is 14.4. The Balaban J connectivity index is 2.41. The van der Waals surface area contributed by atoms with Gasteiger partial charge in [0.2, 0.25) is 0 Å². The van der Waals surface area contributed by atoms with E-state index in [1.54, 1.807) is 25.1 Å². The van der Waals surface area contributed by atoms with Crippen LogP contribution in [0.25, 0.3) is 0 Å². The first-order chi connectivity index (χ1) is 9.43. The Morgan fingerprint density at radius 2 is 1.60 bits per heavy atom. The number of benzene rings is 2. The molecule has 106 valence electrons. The lowest BCUT2D eigenvalue weighted by Gasteiger charge is -2.14. The summed E-state index contributed by atoms with van der Waals surface area (Å²) in [5.41, 5.74) is 1.16. The van der Waals surface area contributed by atoms with Crippen molar-refractivity contribution in [1.29, 1.82) is 0 Å². The van der Waals surface area contributed by atoms with Crippen LogP contribution in [0, 0.1) is 24.4 Å². The van der Waals surface area contributed by atoms with E-state index in [1.165, 1.54) is 7.11 Å². The second-order valence-electron chi connectivity index (χ2n) is 4.43. The molecule has 2 rings (SSSR count). The van der Waals surface area contributed by atoms with Crippen molar-refractivity contribution < 1.29 is 23.0 Å². The summed E-state index contributed by atoms with van der Waals surface area (Å²) in [7, 11) is 1.52. The minimum Gasteiger partial charge on any atom is -0.496 e. The molecule has 0 saturated heterocycles. The summed E-state index contributed by atoms with van der Waals surface area (Å²) in [5, 5.41) is 10.1. The minimum atomic E-state index is -1.55. The predicted octanol–water partition coefficient (Wildman–Crippen LogP) is 3.50. The molecule has 0 radical (unpaired) electrons. The summed E-state index contributed by atoms with van der Waals surface area (Å²) in [5.74, 6) is -3.57. The molecular formula is C15H13F3O2. The van der Waals surface area contributed by atoms with E-state index in [1.807, 2.05) is 0 Å². The van der Waals surface area contributed by atoms with Crippen molar-refractivity contribution in [3.8, 4) is 5.75 Å². The van der Waals surface area contributed by atoms with Gasteiger partial charge in [-0.15, -0.1) is 0 Å². The fourth-order valence-electron chi connectivity index (χ4n) is 2.00. The van der Waals surface area contributed by atoms with Crippen LogP contribution in [-0.2, 0) is 0 Å². The molecule has 2 aromatic carbocycles. The summed E-state index contributed by atoms with van der Waals surface area (Å²) < 4.78 is 44.3. The lowest BCUT2D eigenvalue weighted by molar-refractivity contribution is 0.218. The molecule has 20 heavy (non-hydrogen) atoms. The van der Waals surface area contributed by atoms with Gasteiger partial charge in [-0.2, -0.15) is 0 Å². The molecule has 0 aromatic heterocycles. The van der Waals surface area contributed by atoms with Crippen molar-refractivity contribution >= 4 is 0 Å². The number of aliphatic hydroxyl groups is 1. The zero-order valence-corrected chi connectivity index (χ0v) is 11.0. The smallest absolute Gasteiger partial charge is 0.194 e. The number of aliphatic hydroxyl groups excluding tert-OH is 1. The topological polar surface area (TPSA) is 29.5 Å². The minimum absolute atomic E-state index is 0.0500. The van der Waals surface area contributed by atoms with Crippen LogP contribution in [0.5, 0.6) is 5.75 Å². The predicted molar refractivity (Wildman–Crippen MR) is 68.1 cm³/mol. The standard InChI is InChI=1S/C15H13F3O2/c1-8-5-9(3-4-13(8)20-2)15(19)10-6-11(16)14(18)12(17)7-10/h3-7,15,19H,1-2H3. The molecule has 1 N–H and O–H groups in total. The molecule has 2 aromatic rings. The third-order valence-electron chi connectivity index (χ3n) is 3.06. The molecule has 0 saturated carbocycles. The van der Waals surface area contributed by atoms with E-state index in [0.717, 1.165) is 17.7 Å². The maximum atomic E-state index is 13.2. The second kappa shape index (κ2) is 5.54. The first-order valence-corrected chi connectivity index (χ1v) is 5.91. The van der Waals surface area contributed by atoms with Gasteiger partial charge >= 0.3 is 0 Å². The maximum absolute atomic E-state index is 13.2. The van der Waals surface area contributed by atoms with Crippen LogP contribution >= 0.6 is 0 Å². The first-order valence-electron chi connectivity index (χ1n) is 5.91. The van der Waals surface area contributed by atoms with Gasteiger partial charge in [0.05, 0.1) is 7.11 Å². The van der Waals surface area contributed by atoms with Crippen LogP contribution in [0.1, 0.15) is 22.8 Å². The van der Waals surface area contributed by atoms with Gasteiger partial charge in [0, 0.05) is 0 Å². The fourth-order valence-corrected chi connectivity index (χ4v) is 2.00. The molecule has 0 aliphatic rings. The molecular weight excluding hydrogens is 269 g/mol. The summed E-state index contributed by atoms with van der Waals surface area (Å²) in [6.45, 7) is 1.78. The lowest BCUT2D eigenvalue weighted by atomic mass is 9.99. The molecule has 0 aliphatic carbocycles. The molecule has 0 aliphatic heterocycles. The second-order valence-corrected chi connectivity index (χ2v) is 4.43. The van der Waals surface area contributed by atoms with Gasteiger partial charge in [0.15, 0.2) is 17.5 Å². The summed E-state index contributed by atoms with van der Waals surface area (Å²) in [6, 6.07) is 6.42. The highest BCUT2D eigenvalue weighted by molar-refractivity contribution is 5.40. The molecule has 0 bridgehead atoms. The van der Waals surface area contributed by atoms with Crippen molar-refractivity contribution in [2.24, 2.45) is 0 Å². The zero-order valence-electron chi connectivity index (χ0n) is 11.0. The monoisotopic (exact) mass is 282 g/mol. The van der Waals surface area contributed by atoms with E-state index in [2.05, 4.69) is 0 Å². The highest BCUT2D eigenvalue weighted by atomic mass is 19.2. The summed E-state index contributed by atoms with van der Waals surface area (Å²) in [6.07, 6.45) is -1.25. The van der Waals surface area contributed by atoms with Crippen LogP contribution in [0.3, 0.4) is 0 Å². The van der Waals surface area contributed by atoms with E-state index in [9.17, 15) is 18.3 Å². The Labute approximate surface area is 114 Å². The van der Waals surface area contributed by atoms with Crippen molar-refractivity contribution in [3.63, 3.8) is 0 Å². The van der Waals surface area contributed by atoms with E-state index in [-0.39, 0.29) is 5.56 Å². The SMILES string of the molecule is COc1ccc(C(O)c2cc(F)c(F)c(F)c2)cc1C. The Hall–Kier alpha value is -2.01. The van der Waals surface area contributed by atoms with Crippen LogP contribution in [0.2, 0.25) is 0 Å². The van der Waals surface area contributed by atoms with E-state index < -0.39 is 23.6 Å². The van der Waals surface area contributed by atoms with E-state index >= 15 is 0 Å². The molecule has 0 amide bonds. The van der Waals surface area contributed by atoms with Crippen LogP contribution in [0.4, 0.5) is 13.2 Å². The number of hydrogen-bond acceptors (Lipinski definition) is 2. The average Bonchev–Trinajstić information content (AvgIpc) is 2.43. The molecule has 2 nitrogen and oxygen atoms in total. The molecule has 1 unspecified atom stereocenters. The number of halogens is 3. The van der Waals surface area contributed by atoms with E-state index in [4.69, 9.17) is 4.74 Å². The van der Waals surface area contributed by atoms with Crippen LogP contribution in [-0.4, -0.2) is 12.2 Å². The normalized spacial score (nSPS) is 12.3. The number of ether oxygens (including phenoxy) is 1. The lowest BCUT2D eigenvalue weighted by Crippen LogP contribution is -2.03. The largest absolute Gasteiger partial charge is 0.496 e. The quantitative estimate of drug-likeness (QED) is 0.873. The number of aryl methyl sites for hydroxylation is 1. The molecule has 1 atom stereocenters. The Kier molecular flexibility index (Phi) is 3.99. The third-order valence-corrected chi connectivity index (χ3v) is 3.06. The van der Waals surface area contributed by atoms with Crippen molar-refractivity contribution in [2.75, 3.05) is 7.11 Å². The van der Waals surface area contributed by atoms with Crippen LogP contribution < -0.4 is 4.74 Å². The number of hydrogen-bond donors (Lipinski definition) is 1. The van der Waals surface area contributed by atoms with Gasteiger partial charge in [-0.3, -0.25) is 0 Å². The Morgan fingerprint density at radius 3 is 2.10 bits per heavy atom. The molecule has 0 fully saturated rings. The van der Waals surface area contributed by atoms with Crippen LogP contribution in [0.15, 0.2) is 30.3 Å². The number of methoxy groups -OCH3 is 1. The van der Waals surface area contributed by atoms with Gasteiger partial charge in [0.1, 0.15) is 11.9 Å². The summed E-state index contributed by atoms with van der Waals surface area (Å²) >= 11 is 0. The molecule has 5 heteroatoms. The van der Waals surface area contributed by atoms with Gasteiger partial charge < -0.3 is 9.84 Å². The zero-order chi connectivity index (χ0) is 14.9. The highest BCUT2D eigenvalue weighted by Crippen LogP contribution is 2.28. The van der Waals surface area contributed by atoms with E-state index in [0.29, 0.717) is 11.3 Å². The third kappa shape index (κ3) is 2.63. The Morgan fingerprint density at radius 1 is 1.00 bits per heavy atom. The van der Waals surface area contributed by atoms with Gasteiger partial charge in [-0.25, -0.2) is 13.2 Å². The number of rotatable bonds is 3. The average molecular weight is 282 g/mol. The molecule has 0 heterocycles. The van der Waals surface area contributed by atoms with Gasteiger partial charge in [0.25, 0.3) is 0 Å².